The SMILES string of the molecule is CSc1cccc(NCc2cccc(CO)c2)c1C#N. The number of nitrogens with zero attached hydrogens (tertiary/aromatic N) is 1. The molecule has 0 saturated carbocycles. The maximum Gasteiger partial charge on any atom is 0.102 e. The number of anilines is 1. The summed E-state index contributed by atoms with van der Waals surface area (Å²) < 4.78 is 0. The zero-order valence-electron chi connectivity index (χ0n) is 11.3. The van der Waals surface area contributed by atoms with Gasteiger partial charge in [-0.25, -0.2) is 0 Å². The molecule has 2 aromatic carbocycles. The minimum atomic E-state index is 0.0409. The van der Waals surface area contributed by atoms with Gasteiger partial charge in [0.1, 0.15) is 6.07 Å². The molecule has 0 radical (unpaired) electrons. The van der Waals surface area contributed by atoms with E-state index in [1.165, 1.54) is 0 Å². The molecule has 2 aromatic rings. The van der Waals surface area contributed by atoms with E-state index in [2.05, 4.69) is 11.4 Å². The molecule has 2 rings (SSSR count). The average molecular weight is 284 g/mol. The Morgan fingerprint density at radius 3 is 2.65 bits per heavy atom. The summed E-state index contributed by atoms with van der Waals surface area (Å²) in [5, 5.41) is 21.7. The largest absolute Gasteiger partial charge is 0.392 e. The first-order valence-corrected chi connectivity index (χ1v) is 7.50. The molecule has 0 spiro atoms. The minimum Gasteiger partial charge on any atom is -0.392 e. The second-order valence-electron chi connectivity index (χ2n) is 4.33. The molecule has 0 bridgehead atoms. The van der Waals surface area contributed by atoms with E-state index in [4.69, 9.17) is 5.11 Å². The van der Waals surface area contributed by atoms with Gasteiger partial charge in [0.25, 0.3) is 0 Å². The van der Waals surface area contributed by atoms with Crippen LogP contribution in [0.25, 0.3) is 0 Å². The molecule has 0 unspecified atom stereocenters. The fourth-order valence-electron chi connectivity index (χ4n) is 2.00. The van der Waals surface area contributed by atoms with Crippen LogP contribution < -0.4 is 5.32 Å². The number of aliphatic hydroxyl groups is 1. The Kier molecular flexibility index (Phi) is 5.05. The van der Waals surface area contributed by atoms with Gasteiger partial charge >= 0.3 is 0 Å². The molecule has 0 saturated heterocycles. The van der Waals surface area contributed by atoms with Gasteiger partial charge in [-0.15, -0.1) is 11.8 Å². The van der Waals surface area contributed by atoms with Gasteiger partial charge in [0, 0.05) is 11.4 Å². The minimum absolute atomic E-state index is 0.0409. The van der Waals surface area contributed by atoms with Gasteiger partial charge in [-0.2, -0.15) is 5.26 Å². The molecule has 0 amide bonds. The monoisotopic (exact) mass is 284 g/mol. The van der Waals surface area contributed by atoms with Crippen LogP contribution >= 0.6 is 11.8 Å². The van der Waals surface area contributed by atoms with Crippen LogP contribution in [-0.4, -0.2) is 11.4 Å². The first kappa shape index (κ1) is 14.4. The van der Waals surface area contributed by atoms with E-state index in [1.807, 2.05) is 48.7 Å². The van der Waals surface area contributed by atoms with Crippen molar-refractivity contribution in [2.45, 2.75) is 18.0 Å². The summed E-state index contributed by atoms with van der Waals surface area (Å²) in [6, 6.07) is 15.8. The van der Waals surface area contributed by atoms with Crippen LogP contribution in [0, 0.1) is 11.3 Å². The Morgan fingerprint density at radius 2 is 1.95 bits per heavy atom. The second kappa shape index (κ2) is 6.99. The van der Waals surface area contributed by atoms with Gasteiger partial charge < -0.3 is 10.4 Å². The van der Waals surface area contributed by atoms with Crippen molar-refractivity contribution >= 4 is 17.4 Å². The lowest BCUT2D eigenvalue weighted by Crippen LogP contribution is -2.02. The summed E-state index contributed by atoms with van der Waals surface area (Å²) in [7, 11) is 0. The Bertz CT molecular complexity index is 635. The van der Waals surface area contributed by atoms with Crippen LogP contribution in [0.2, 0.25) is 0 Å². The quantitative estimate of drug-likeness (QED) is 0.826. The third-order valence-electron chi connectivity index (χ3n) is 3.01. The summed E-state index contributed by atoms with van der Waals surface area (Å²) in [6.07, 6.45) is 1.96. The molecule has 102 valence electrons. The molecule has 0 aromatic heterocycles. The highest BCUT2D eigenvalue weighted by atomic mass is 32.2. The van der Waals surface area contributed by atoms with Crippen LogP contribution in [0.5, 0.6) is 0 Å². The maximum atomic E-state index is 9.27. The van der Waals surface area contributed by atoms with Gasteiger partial charge in [-0.05, 0) is 29.5 Å². The van der Waals surface area contributed by atoms with E-state index in [1.54, 1.807) is 11.8 Å². The van der Waals surface area contributed by atoms with Crippen molar-refractivity contribution in [1.82, 2.24) is 0 Å². The maximum absolute atomic E-state index is 9.27. The number of thioether (sulfide) groups is 1. The zero-order chi connectivity index (χ0) is 14.4. The van der Waals surface area contributed by atoms with E-state index in [0.29, 0.717) is 12.1 Å². The van der Waals surface area contributed by atoms with Crippen molar-refractivity contribution in [2.75, 3.05) is 11.6 Å². The van der Waals surface area contributed by atoms with Gasteiger partial charge in [-0.1, -0.05) is 30.3 Å². The number of nitriles is 1. The lowest BCUT2D eigenvalue weighted by Gasteiger charge is -2.11. The van der Waals surface area contributed by atoms with E-state index in [0.717, 1.165) is 21.7 Å². The molecule has 0 fully saturated rings. The number of aliphatic hydroxyl groups excluding tert-OH is 1. The van der Waals surface area contributed by atoms with Crippen molar-refractivity contribution in [2.24, 2.45) is 0 Å². The van der Waals surface area contributed by atoms with Gasteiger partial charge in [0.2, 0.25) is 0 Å². The fraction of sp³-hybridized carbons (Fsp3) is 0.188. The number of rotatable bonds is 5. The predicted molar refractivity (Wildman–Crippen MR) is 82.6 cm³/mol. The zero-order valence-corrected chi connectivity index (χ0v) is 12.1. The van der Waals surface area contributed by atoms with Crippen molar-refractivity contribution in [3.63, 3.8) is 0 Å². The van der Waals surface area contributed by atoms with Crippen LogP contribution in [0.3, 0.4) is 0 Å². The van der Waals surface area contributed by atoms with Gasteiger partial charge in [0.05, 0.1) is 17.9 Å². The molecular formula is C16H16N2OS. The molecule has 0 aliphatic rings. The summed E-state index contributed by atoms with van der Waals surface area (Å²) in [6.45, 7) is 0.666. The Hall–Kier alpha value is -1.96. The van der Waals surface area contributed by atoms with Crippen molar-refractivity contribution in [3.8, 4) is 6.07 Å². The lowest BCUT2D eigenvalue weighted by atomic mass is 10.1. The Morgan fingerprint density at radius 1 is 1.20 bits per heavy atom. The molecule has 0 aliphatic heterocycles. The summed E-state index contributed by atoms with van der Waals surface area (Å²) >= 11 is 1.57. The predicted octanol–water partition coefficient (Wildman–Crippen LogP) is 3.38. The normalized spacial score (nSPS) is 10.1. The molecule has 20 heavy (non-hydrogen) atoms. The van der Waals surface area contributed by atoms with E-state index in [9.17, 15) is 5.26 Å². The first-order valence-electron chi connectivity index (χ1n) is 6.28. The Balaban J connectivity index is 2.17. The van der Waals surface area contributed by atoms with Crippen molar-refractivity contribution < 1.29 is 5.11 Å². The van der Waals surface area contributed by atoms with Crippen molar-refractivity contribution in [1.29, 1.82) is 5.26 Å². The van der Waals surface area contributed by atoms with E-state index >= 15 is 0 Å². The molecule has 0 atom stereocenters. The van der Waals surface area contributed by atoms with E-state index in [-0.39, 0.29) is 6.61 Å². The average Bonchev–Trinajstić information content (AvgIpc) is 2.52. The van der Waals surface area contributed by atoms with Gasteiger partial charge in [0.15, 0.2) is 0 Å². The molecular weight excluding hydrogens is 268 g/mol. The number of benzene rings is 2. The van der Waals surface area contributed by atoms with E-state index < -0.39 is 0 Å². The van der Waals surface area contributed by atoms with Crippen LogP contribution in [-0.2, 0) is 13.2 Å². The highest BCUT2D eigenvalue weighted by molar-refractivity contribution is 7.98. The second-order valence-corrected chi connectivity index (χ2v) is 5.17. The molecule has 0 heterocycles. The molecule has 4 heteroatoms. The molecule has 0 aliphatic carbocycles. The number of hydrogen-bond donors (Lipinski definition) is 2. The topological polar surface area (TPSA) is 56.0 Å². The summed E-state index contributed by atoms with van der Waals surface area (Å²) in [5.74, 6) is 0. The van der Waals surface area contributed by atoms with Crippen LogP contribution in [0.4, 0.5) is 5.69 Å². The number of hydrogen-bond acceptors (Lipinski definition) is 4. The third-order valence-corrected chi connectivity index (χ3v) is 3.79. The van der Waals surface area contributed by atoms with Gasteiger partial charge in [-0.3, -0.25) is 0 Å². The lowest BCUT2D eigenvalue weighted by molar-refractivity contribution is 0.281. The highest BCUT2D eigenvalue weighted by Gasteiger charge is 2.06. The smallest absolute Gasteiger partial charge is 0.102 e. The third kappa shape index (κ3) is 3.32. The Labute approximate surface area is 123 Å². The fourth-order valence-corrected chi connectivity index (χ4v) is 2.57. The van der Waals surface area contributed by atoms with Crippen LogP contribution in [0.15, 0.2) is 47.4 Å². The molecule has 3 nitrogen and oxygen atoms in total. The highest BCUT2D eigenvalue weighted by Crippen LogP contribution is 2.26. The van der Waals surface area contributed by atoms with Crippen LogP contribution in [0.1, 0.15) is 16.7 Å². The molecule has 2 N–H and O–H groups in total. The first-order chi connectivity index (χ1) is 9.78. The summed E-state index contributed by atoms with van der Waals surface area (Å²) in [5.41, 5.74) is 3.49. The summed E-state index contributed by atoms with van der Waals surface area (Å²) in [4.78, 5) is 0.974. The van der Waals surface area contributed by atoms with Crippen molar-refractivity contribution in [3.05, 3.63) is 59.2 Å². The standard InChI is InChI=1S/C16H16N2OS/c1-20-16-7-3-6-15(14(16)9-17)18-10-12-4-2-5-13(8-12)11-19/h2-8,18-19H,10-11H2,1H3. The number of nitrogens with one attached hydrogen (secondary N) is 1.